The number of esters is 1. The summed E-state index contributed by atoms with van der Waals surface area (Å²) in [7, 11) is 0. The Bertz CT molecular complexity index is 736. The number of nitrogen functional groups attached to an aromatic ring is 1. The lowest BCUT2D eigenvalue weighted by Crippen LogP contribution is -2.07. The van der Waals surface area contributed by atoms with Crippen LogP contribution in [0.4, 0.5) is 10.1 Å². The van der Waals surface area contributed by atoms with Gasteiger partial charge in [0, 0.05) is 5.69 Å². The van der Waals surface area contributed by atoms with E-state index < -0.39 is 11.8 Å². The van der Waals surface area contributed by atoms with Crippen LogP contribution in [0.15, 0.2) is 36.4 Å². The Balaban J connectivity index is 2.09. The van der Waals surface area contributed by atoms with E-state index in [9.17, 15) is 9.18 Å². The van der Waals surface area contributed by atoms with Gasteiger partial charge >= 0.3 is 5.97 Å². The molecule has 2 rings (SSSR count). The van der Waals surface area contributed by atoms with Crippen LogP contribution in [-0.2, 0) is 11.3 Å². The van der Waals surface area contributed by atoms with Crippen LogP contribution in [-0.4, -0.2) is 5.97 Å². The highest BCUT2D eigenvalue weighted by Gasteiger charge is 2.11. The molecule has 0 fully saturated rings. The average molecular weight is 284 g/mol. The van der Waals surface area contributed by atoms with Gasteiger partial charge in [0.2, 0.25) is 0 Å². The van der Waals surface area contributed by atoms with Gasteiger partial charge in [-0.25, -0.2) is 9.18 Å². The molecule has 0 heterocycles. The van der Waals surface area contributed by atoms with Crippen LogP contribution in [0, 0.1) is 24.1 Å². The summed E-state index contributed by atoms with van der Waals surface area (Å²) in [6.45, 7) is 1.73. The fourth-order valence-electron chi connectivity index (χ4n) is 1.89. The summed E-state index contributed by atoms with van der Waals surface area (Å²) in [6, 6.07) is 10.6. The molecule has 2 aromatic carbocycles. The number of rotatable bonds is 3. The number of nitrogens with two attached hydrogens (primary N) is 1. The van der Waals surface area contributed by atoms with E-state index in [-0.39, 0.29) is 12.2 Å². The number of nitriles is 1. The van der Waals surface area contributed by atoms with Crippen molar-refractivity contribution in [1.82, 2.24) is 0 Å². The zero-order chi connectivity index (χ0) is 15.4. The number of carbonyl (C=O) groups excluding carboxylic acids is 1. The van der Waals surface area contributed by atoms with Crippen LogP contribution in [0.3, 0.4) is 0 Å². The minimum atomic E-state index is -0.595. The van der Waals surface area contributed by atoms with E-state index >= 15 is 0 Å². The Kier molecular flexibility index (Phi) is 4.19. The first-order chi connectivity index (χ1) is 10.0. The number of hydrogen-bond acceptors (Lipinski definition) is 4. The van der Waals surface area contributed by atoms with E-state index in [4.69, 9.17) is 15.7 Å². The first-order valence-electron chi connectivity index (χ1n) is 6.23. The molecule has 0 amide bonds. The second-order valence-electron chi connectivity index (χ2n) is 4.58. The fourth-order valence-corrected chi connectivity index (χ4v) is 1.89. The number of benzene rings is 2. The van der Waals surface area contributed by atoms with Crippen molar-refractivity contribution in [3.8, 4) is 6.07 Å². The van der Waals surface area contributed by atoms with E-state index in [0.717, 1.165) is 5.56 Å². The van der Waals surface area contributed by atoms with Crippen molar-refractivity contribution < 1.29 is 13.9 Å². The van der Waals surface area contributed by atoms with Crippen molar-refractivity contribution in [3.05, 3.63) is 64.5 Å². The van der Waals surface area contributed by atoms with Gasteiger partial charge in [-0.05, 0) is 48.4 Å². The van der Waals surface area contributed by atoms with Gasteiger partial charge in [0.25, 0.3) is 0 Å². The normalized spacial score (nSPS) is 9.95. The summed E-state index contributed by atoms with van der Waals surface area (Å²) < 4.78 is 18.3. The van der Waals surface area contributed by atoms with Crippen molar-refractivity contribution >= 4 is 11.7 Å². The lowest BCUT2D eigenvalue weighted by Gasteiger charge is -2.08. The summed E-state index contributed by atoms with van der Waals surface area (Å²) in [6.07, 6.45) is 0. The molecule has 0 aliphatic heterocycles. The van der Waals surface area contributed by atoms with Crippen LogP contribution < -0.4 is 5.73 Å². The maximum atomic E-state index is 13.2. The number of anilines is 1. The Morgan fingerprint density at radius 1 is 1.33 bits per heavy atom. The van der Waals surface area contributed by atoms with Crippen LogP contribution in [0.25, 0.3) is 0 Å². The topological polar surface area (TPSA) is 76.1 Å². The first-order valence-corrected chi connectivity index (χ1v) is 6.23. The SMILES string of the molecule is Cc1cc(N)ccc1C(=O)OCc1ccc(F)c(C#N)c1. The highest BCUT2D eigenvalue weighted by Crippen LogP contribution is 2.15. The molecule has 0 atom stereocenters. The molecule has 0 saturated carbocycles. The Morgan fingerprint density at radius 3 is 2.76 bits per heavy atom. The van der Waals surface area contributed by atoms with Gasteiger partial charge in [0.15, 0.2) is 0 Å². The van der Waals surface area contributed by atoms with Gasteiger partial charge < -0.3 is 10.5 Å². The third-order valence-electron chi connectivity index (χ3n) is 2.99. The van der Waals surface area contributed by atoms with Gasteiger partial charge in [-0.1, -0.05) is 6.07 Å². The van der Waals surface area contributed by atoms with Gasteiger partial charge in [-0.2, -0.15) is 5.26 Å². The number of carbonyl (C=O) groups is 1. The summed E-state index contributed by atoms with van der Waals surface area (Å²) >= 11 is 0. The molecule has 21 heavy (non-hydrogen) atoms. The molecule has 0 spiro atoms. The fraction of sp³-hybridized carbons (Fsp3) is 0.125. The van der Waals surface area contributed by atoms with E-state index in [1.807, 2.05) is 0 Å². The second kappa shape index (κ2) is 6.06. The highest BCUT2D eigenvalue weighted by atomic mass is 19.1. The lowest BCUT2D eigenvalue weighted by molar-refractivity contribution is 0.0472. The molecule has 5 heteroatoms. The molecule has 106 valence electrons. The van der Waals surface area contributed by atoms with Crippen molar-refractivity contribution in [1.29, 1.82) is 5.26 Å². The standard InChI is InChI=1S/C16H13FN2O2/c1-10-6-13(19)3-4-14(10)16(20)21-9-11-2-5-15(17)12(7-11)8-18/h2-7H,9,19H2,1H3. The Morgan fingerprint density at radius 2 is 2.10 bits per heavy atom. The maximum absolute atomic E-state index is 13.2. The Hall–Kier alpha value is -2.87. The monoisotopic (exact) mass is 284 g/mol. The number of hydrogen-bond donors (Lipinski definition) is 1. The van der Waals surface area contributed by atoms with Crippen molar-refractivity contribution in [3.63, 3.8) is 0 Å². The largest absolute Gasteiger partial charge is 0.457 e. The smallest absolute Gasteiger partial charge is 0.338 e. The lowest BCUT2D eigenvalue weighted by atomic mass is 10.1. The molecule has 2 N–H and O–H groups in total. The number of aryl methyl sites for hydroxylation is 1. The van der Waals surface area contributed by atoms with Crippen molar-refractivity contribution in [2.24, 2.45) is 0 Å². The van der Waals surface area contributed by atoms with E-state index in [2.05, 4.69) is 0 Å². The minimum Gasteiger partial charge on any atom is -0.457 e. The number of nitrogens with zero attached hydrogens (tertiary/aromatic N) is 1. The van der Waals surface area contributed by atoms with Gasteiger partial charge in [-0.3, -0.25) is 0 Å². The summed E-state index contributed by atoms with van der Waals surface area (Å²) in [5, 5.41) is 8.75. The molecule has 0 aromatic heterocycles. The molecule has 0 radical (unpaired) electrons. The quantitative estimate of drug-likeness (QED) is 0.694. The summed E-state index contributed by atoms with van der Waals surface area (Å²) in [4.78, 5) is 12.0. The number of ether oxygens (including phenoxy) is 1. The molecule has 0 saturated heterocycles. The van der Waals surface area contributed by atoms with E-state index in [1.165, 1.54) is 18.2 Å². The second-order valence-corrected chi connectivity index (χ2v) is 4.58. The molecule has 0 unspecified atom stereocenters. The predicted molar refractivity (Wildman–Crippen MR) is 75.8 cm³/mol. The molecular weight excluding hydrogens is 271 g/mol. The van der Waals surface area contributed by atoms with Crippen molar-refractivity contribution in [2.75, 3.05) is 5.73 Å². The summed E-state index contributed by atoms with van der Waals surface area (Å²) in [5.41, 5.74) is 7.81. The molecule has 0 bridgehead atoms. The highest BCUT2D eigenvalue weighted by molar-refractivity contribution is 5.91. The molecule has 0 aliphatic carbocycles. The van der Waals surface area contributed by atoms with E-state index in [1.54, 1.807) is 31.2 Å². The first kappa shape index (κ1) is 14.5. The molecular formula is C16H13FN2O2. The molecule has 2 aromatic rings. The van der Waals surface area contributed by atoms with Crippen molar-refractivity contribution in [2.45, 2.75) is 13.5 Å². The van der Waals surface area contributed by atoms with Crippen LogP contribution >= 0.6 is 0 Å². The van der Waals surface area contributed by atoms with Crippen LogP contribution in [0.5, 0.6) is 0 Å². The predicted octanol–water partition coefficient (Wildman–Crippen LogP) is 2.95. The Labute approximate surface area is 121 Å². The molecule has 0 aliphatic rings. The zero-order valence-corrected chi connectivity index (χ0v) is 11.4. The van der Waals surface area contributed by atoms with Crippen LogP contribution in [0.2, 0.25) is 0 Å². The van der Waals surface area contributed by atoms with E-state index in [0.29, 0.717) is 16.8 Å². The zero-order valence-electron chi connectivity index (χ0n) is 11.4. The third kappa shape index (κ3) is 3.37. The molecule has 4 nitrogen and oxygen atoms in total. The minimum absolute atomic E-state index is 0.0301. The number of halogens is 1. The summed E-state index contributed by atoms with van der Waals surface area (Å²) in [5.74, 6) is -1.09. The third-order valence-corrected chi connectivity index (χ3v) is 2.99. The van der Waals surface area contributed by atoms with Crippen LogP contribution in [0.1, 0.15) is 27.0 Å². The maximum Gasteiger partial charge on any atom is 0.338 e. The van der Waals surface area contributed by atoms with Gasteiger partial charge in [0.05, 0.1) is 11.1 Å². The van der Waals surface area contributed by atoms with Gasteiger partial charge in [0.1, 0.15) is 18.5 Å². The average Bonchev–Trinajstić information content (AvgIpc) is 2.46. The van der Waals surface area contributed by atoms with Gasteiger partial charge in [-0.15, -0.1) is 0 Å².